The van der Waals surface area contributed by atoms with Gasteiger partial charge < -0.3 is 4.74 Å². The molecule has 0 unspecified atom stereocenters. The zero-order valence-corrected chi connectivity index (χ0v) is 17.5. The summed E-state index contributed by atoms with van der Waals surface area (Å²) in [6.07, 6.45) is 1.76. The monoisotopic (exact) mass is 442 g/mol. The Morgan fingerprint density at radius 3 is 2.63 bits per heavy atom. The molecule has 1 aliphatic heterocycles. The third-order valence-corrected chi connectivity index (χ3v) is 7.49. The number of carbonyl (C=O) groups is 1. The Labute approximate surface area is 177 Å². The van der Waals surface area contributed by atoms with Crippen molar-refractivity contribution in [2.24, 2.45) is 0 Å². The number of hydrogen-bond acceptors (Lipinski definition) is 7. The van der Waals surface area contributed by atoms with Crippen molar-refractivity contribution in [2.75, 3.05) is 25.0 Å². The average molecular weight is 443 g/mol. The van der Waals surface area contributed by atoms with Gasteiger partial charge in [0.1, 0.15) is 5.75 Å². The predicted octanol–water partition coefficient (Wildman–Crippen LogP) is 2.97. The molecule has 1 aromatic heterocycles. The maximum Gasteiger partial charge on any atom is 0.264 e. The Hall–Kier alpha value is -3.00. The summed E-state index contributed by atoms with van der Waals surface area (Å²) in [5.41, 5.74) is 1.12. The number of aromatic nitrogens is 1. The molecule has 0 bridgehead atoms. The van der Waals surface area contributed by atoms with Gasteiger partial charge in [-0.05, 0) is 55.3 Å². The van der Waals surface area contributed by atoms with Crippen LogP contribution < -0.4 is 10.1 Å². The fraction of sp³-hybridized carbons (Fsp3) is 0.250. The minimum Gasteiger partial charge on any atom is -0.484 e. The summed E-state index contributed by atoms with van der Waals surface area (Å²) < 4.78 is 33.0. The number of amides is 1. The Bertz CT molecular complexity index is 1220. The molecule has 2 heterocycles. The van der Waals surface area contributed by atoms with E-state index < -0.39 is 10.0 Å². The SMILES string of the molecule is N#Cc1ccc(OCC(=O)Nc2nc3ccc(S(=O)(=O)N4CCCC4)cc3s2)cc1. The van der Waals surface area contributed by atoms with Crippen molar-refractivity contribution < 1.29 is 17.9 Å². The van der Waals surface area contributed by atoms with Crippen LogP contribution in [-0.2, 0) is 14.8 Å². The van der Waals surface area contributed by atoms with Crippen molar-refractivity contribution >= 4 is 42.6 Å². The Balaban J connectivity index is 1.43. The highest BCUT2D eigenvalue weighted by atomic mass is 32.2. The van der Waals surface area contributed by atoms with Crippen molar-refractivity contribution in [1.82, 2.24) is 9.29 Å². The van der Waals surface area contributed by atoms with E-state index in [1.807, 2.05) is 6.07 Å². The van der Waals surface area contributed by atoms with Crippen molar-refractivity contribution in [1.29, 1.82) is 5.26 Å². The van der Waals surface area contributed by atoms with Crippen LogP contribution in [-0.4, -0.2) is 43.3 Å². The molecule has 1 N–H and O–H groups in total. The van der Waals surface area contributed by atoms with E-state index in [-0.39, 0.29) is 17.4 Å². The van der Waals surface area contributed by atoms with Gasteiger partial charge >= 0.3 is 0 Å². The first-order chi connectivity index (χ1) is 14.5. The van der Waals surface area contributed by atoms with Crippen LogP contribution in [0.5, 0.6) is 5.75 Å². The van der Waals surface area contributed by atoms with Gasteiger partial charge in [0, 0.05) is 13.1 Å². The first-order valence-corrected chi connectivity index (χ1v) is 11.5. The Kier molecular flexibility index (Phi) is 5.67. The lowest BCUT2D eigenvalue weighted by Crippen LogP contribution is -2.27. The molecule has 0 radical (unpaired) electrons. The molecular formula is C20H18N4O4S2. The highest BCUT2D eigenvalue weighted by Crippen LogP contribution is 2.30. The maximum absolute atomic E-state index is 12.7. The van der Waals surface area contributed by atoms with Gasteiger partial charge in [-0.15, -0.1) is 0 Å². The van der Waals surface area contributed by atoms with Crippen molar-refractivity contribution in [3.63, 3.8) is 0 Å². The number of benzene rings is 2. The molecule has 30 heavy (non-hydrogen) atoms. The number of carbonyl (C=O) groups excluding carboxylic acids is 1. The predicted molar refractivity (Wildman–Crippen MR) is 113 cm³/mol. The molecule has 4 rings (SSSR count). The largest absolute Gasteiger partial charge is 0.484 e. The second-order valence-electron chi connectivity index (χ2n) is 6.73. The second-order valence-corrected chi connectivity index (χ2v) is 9.70. The van der Waals surface area contributed by atoms with Crippen LogP contribution in [0.3, 0.4) is 0 Å². The first kappa shape index (κ1) is 20.3. The molecule has 0 spiro atoms. The molecule has 2 aromatic carbocycles. The number of ether oxygens (including phenoxy) is 1. The molecular weight excluding hydrogens is 424 g/mol. The summed E-state index contributed by atoms with van der Waals surface area (Å²) >= 11 is 1.21. The van der Waals surface area contributed by atoms with Gasteiger partial charge in [-0.1, -0.05) is 11.3 Å². The smallest absolute Gasteiger partial charge is 0.264 e. The van der Waals surface area contributed by atoms with Gasteiger partial charge in [-0.3, -0.25) is 10.1 Å². The minimum atomic E-state index is -3.50. The number of hydrogen-bond donors (Lipinski definition) is 1. The Morgan fingerprint density at radius 1 is 1.20 bits per heavy atom. The molecule has 1 aliphatic rings. The lowest BCUT2D eigenvalue weighted by atomic mass is 10.2. The maximum atomic E-state index is 12.7. The number of nitrogens with zero attached hydrogens (tertiary/aromatic N) is 3. The quantitative estimate of drug-likeness (QED) is 0.628. The molecule has 0 aliphatic carbocycles. The minimum absolute atomic E-state index is 0.212. The van der Waals surface area contributed by atoms with Crippen LogP contribution in [0.2, 0.25) is 0 Å². The van der Waals surface area contributed by atoms with Gasteiger partial charge in [-0.25, -0.2) is 13.4 Å². The van der Waals surface area contributed by atoms with E-state index in [0.717, 1.165) is 12.8 Å². The summed E-state index contributed by atoms with van der Waals surface area (Å²) in [5, 5.41) is 11.8. The van der Waals surface area contributed by atoms with Crippen LogP contribution >= 0.6 is 11.3 Å². The summed E-state index contributed by atoms with van der Waals surface area (Å²) in [6, 6.07) is 13.3. The fourth-order valence-corrected chi connectivity index (χ4v) is 5.67. The van der Waals surface area contributed by atoms with Crippen molar-refractivity contribution in [3.05, 3.63) is 48.0 Å². The molecule has 1 amide bonds. The molecule has 0 saturated carbocycles. The fourth-order valence-electron chi connectivity index (χ4n) is 3.13. The summed E-state index contributed by atoms with van der Waals surface area (Å²) in [6.45, 7) is 0.879. The standard InChI is InChI=1S/C20H18N4O4S2/c21-12-14-3-5-15(6-4-14)28-13-19(25)23-20-22-17-8-7-16(11-18(17)29-20)30(26,27)24-9-1-2-10-24/h3-8,11H,1-2,9-10,13H2,(H,22,23,25). The van der Waals surface area contributed by atoms with E-state index in [4.69, 9.17) is 10.00 Å². The van der Waals surface area contributed by atoms with Crippen LogP contribution in [0.1, 0.15) is 18.4 Å². The second kappa shape index (κ2) is 8.39. The number of anilines is 1. The summed E-state index contributed by atoms with van der Waals surface area (Å²) in [4.78, 5) is 16.7. The number of thiazole rings is 1. The van der Waals surface area contributed by atoms with Crippen molar-refractivity contribution in [3.8, 4) is 11.8 Å². The third kappa shape index (κ3) is 4.28. The van der Waals surface area contributed by atoms with E-state index in [2.05, 4.69) is 10.3 Å². The van der Waals surface area contributed by atoms with Crippen molar-refractivity contribution in [2.45, 2.75) is 17.7 Å². The summed E-state index contributed by atoms with van der Waals surface area (Å²) in [5.74, 6) is 0.0912. The van der Waals surface area contributed by atoms with Crippen LogP contribution in [0.15, 0.2) is 47.4 Å². The average Bonchev–Trinajstić information content (AvgIpc) is 3.42. The highest BCUT2D eigenvalue weighted by molar-refractivity contribution is 7.89. The molecule has 10 heteroatoms. The van der Waals surface area contributed by atoms with Gasteiger partial charge in [0.15, 0.2) is 11.7 Å². The number of nitrogens with one attached hydrogen (secondary N) is 1. The number of nitriles is 1. The van der Waals surface area contributed by atoms with Gasteiger partial charge in [0.05, 0.1) is 26.7 Å². The zero-order valence-electron chi connectivity index (χ0n) is 15.9. The molecule has 8 nitrogen and oxygen atoms in total. The molecule has 0 atom stereocenters. The van der Waals surface area contributed by atoms with E-state index in [9.17, 15) is 13.2 Å². The summed E-state index contributed by atoms with van der Waals surface area (Å²) in [7, 11) is -3.50. The molecule has 154 valence electrons. The van der Waals surface area contributed by atoms with E-state index in [0.29, 0.717) is 39.8 Å². The van der Waals surface area contributed by atoms with Crippen LogP contribution in [0.25, 0.3) is 10.2 Å². The van der Waals surface area contributed by atoms with E-state index in [1.165, 1.54) is 15.6 Å². The lowest BCUT2D eigenvalue weighted by Gasteiger charge is -2.15. The van der Waals surface area contributed by atoms with Crippen LogP contribution in [0.4, 0.5) is 5.13 Å². The van der Waals surface area contributed by atoms with E-state index >= 15 is 0 Å². The molecule has 1 saturated heterocycles. The molecule has 1 fully saturated rings. The highest BCUT2D eigenvalue weighted by Gasteiger charge is 2.27. The van der Waals surface area contributed by atoms with Crippen LogP contribution in [0, 0.1) is 11.3 Å². The lowest BCUT2D eigenvalue weighted by molar-refractivity contribution is -0.118. The van der Waals surface area contributed by atoms with Gasteiger partial charge in [0.2, 0.25) is 10.0 Å². The van der Waals surface area contributed by atoms with Gasteiger partial charge in [0.25, 0.3) is 5.91 Å². The number of sulfonamides is 1. The normalized spacial score (nSPS) is 14.5. The Morgan fingerprint density at radius 2 is 1.93 bits per heavy atom. The number of rotatable bonds is 6. The van der Waals surface area contributed by atoms with E-state index in [1.54, 1.807) is 42.5 Å². The number of fused-ring (bicyclic) bond motifs is 1. The molecule has 3 aromatic rings. The van der Waals surface area contributed by atoms with Gasteiger partial charge in [-0.2, -0.15) is 9.57 Å². The third-order valence-electron chi connectivity index (χ3n) is 4.66. The zero-order chi connectivity index (χ0) is 21.1. The first-order valence-electron chi connectivity index (χ1n) is 9.29. The topological polar surface area (TPSA) is 112 Å².